The molecule has 0 radical (unpaired) electrons. The number of aromatic nitrogens is 4. The molecular weight excluding hydrogens is 476 g/mol. The number of aryl methyl sites for hydroxylation is 3. The first-order valence-electron chi connectivity index (χ1n) is 11.9. The first-order valence-corrected chi connectivity index (χ1v) is 12.8. The van der Waals surface area contributed by atoms with E-state index in [1.54, 1.807) is 17.0 Å². The molecule has 0 unspecified atom stereocenters. The molecule has 3 aromatic heterocycles. The van der Waals surface area contributed by atoms with E-state index in [0.29, 0.717) is 35.8 Å². The number of benzene rings is 1. The molecule has 4 aromatic rings. The van der Waals surface area contributed by atoms with Crippen molar-refractivity contribution in [1.82, 2.24) is 24.8 Å². The molecule has 9 nitrogen and oxygen atoms in total. The van der Waals surface area contributed by atoms with E-state index in [-0.39, 0.29) is 17.7 Å². The topological polar surface area (TPSA) is 106 Å². The molecule has 186 valence electrons. The van der Waals surface area contributed by atoms with E-state index in [9.17, 15) is 9.59 Å². The molecule has 0 saturated carbocycles. The van der Waals surface area contributed by atoms with E-state index in [1.807, 2.05) is 56.1 Å². The Kier molecular flexibility index (Phi) is 6.44. The van der Waals surface area contributed by atoms with Gasteiger partial charge in [0.1, 0.15) is 22.7 Å². The van der Waals surface area contributed by atoms with Crippen molar-refractivity contribution in [3.05, 3.63) is 69.1 Å². The van der Waals surface area contributed by atoms with Crippen LogP contribution in [-0.4, -0.2) is 49.7 Å². The van der Waals surface area contributed by atoms with Crippen molar-refractivity contribution in [3.8, 4) is 11.3 Å². The van der Waals surface area contributed by atoms with Gasteiger partial charge in [0.05, 0.1) is 22.1 Å². The molecule has 0 spiro atoms. The molecule has 36 heavy (non-hydrogen) atoms. The summed E-state index contributed by atoms with van der Waals surface area (Å²) in [4.78, 5) is 32.7. The molecule has 1 aliphatic heterocycles. The minimum Gasteiger partial charge on any atom is -0.360 e. The van der Waals surface area contributed by atoms with Crippen LogP contribution in [-0.2, 0) is 7.05 Å². The van der Waals surface area contributed by atoms with Gasteiger partial charge in [-0.15, -0.1) is 11.3 Å². The Morgan fingerprint density at radius 2 is 1.83 bits per heavy atom. The minimum atomic E-state index is -0.235. The third-order valence-corrected chi connectivity index (χ3v) is 7.76. The summed E-state index contributed by atoms with van der Waals surface area (Å²) in [5, 5.41) is 14.2. The lowest BCUT2D eigenvalue weighted by molar-refractivity contribution is 0.0711. The number of piperidine rings is 1. The average Bonchev–Trinajstić information content (AvgIpc) is 3.59. The van der Waals surface area contributed by atoms with Crippen LogP contribution >= 0.6 is 11.3 Å². The van der Waals surface area contributed by atoms with Crippen molar-refractivity contribution in [2.24, 2.45) is 7.05 Å². The van der Waals surface area contributed by atoms with Crippen LogP contribution in [0.3, 0.4) is 0 Å². The maximum absolute atomic E-state index is 13.4. The zero-order valence-electron chi connectivity index (χ0n) is 20.7. The highest BCUT2D eigenvalue weighted by Gasteiger charge is 2.31. The number of carbonyl (C=O) groups is 2. The van der Waals surface area contributed by atoms with E-state index < -0.39 is 0 Å². The predicted octanol–water partition coefficient (Wildman–Crippen LogP) is 4.73. The Balaban J connectivity index is 1.24. The van der Waals surface area contributed by atoms with Crippen LogP contribution in [0.5, 0.6) is 0 Å². The van der Waals surface area contributed by atoms with Crippen LogP contribution in [0.25, 0.3) is 11.3 Å². The average molecular weight is 505 g/mol. The van der Waals surface area contributed by atoms with Gasteiger partial charge in [-0.1, -0.05) is 35.5 Å². The van der Waals surface area contributed by atoms with E-state index in [2.05, 4.69) is 20.6 Å². The van der Waals surface area contributed by atoms with E-state index in [4.69, 9.17) is 4.52 Å². The summed E-state index contributed by atoms with van der Waals surface area (Å²) in [5.74, 6) is 0.434. The largest absolute Gasteiger partial charge is 0.360 e. The molecule has 1 aromatic carbocycles. The SMILES string of the molecule is Cc1nn(C)c(C)c1NC(=O)c1csc(C2CCN(C(=O)c3c(-c4ccccc4)noc3C)CC2)n1. The third kappa shape index (κ3) is 4.44. The van der Waals surface area contributed by atoms with Gasteiger partial charge in [-0.25, -0.2) is 4.98 Å². The van der Waals surface area contributed by atoms with E-state index >= 15 is 0 Å². The Morgan fingerprint density at radius 3 is 2.50 bits per heavy atom. The summed E-state index contributed by atoms with van der Waals surface area (Å²) >= 11 is 1.50. The zero-order valence-corrected chi connectivity index (χ0v) is 21.6. The molecule has 1 N–H and O–H groups in total. The number of rotatable bonds is 5. The highest BCUT2D eigenvalue weighted by atomic mass is 32.1. The first kappa shape index (κ1) is 23.9. The molecule has 5 rings (SSSR count). The van der Waals surface area contributed by atoms with Gasteiger partial charge < -0.3 is 14.7 Å². The number of carbonyl (C=O) groups excluding carboxylic acids is 2. The smallest absolute Gasteiger partial charge is 0.275 e. The van der Waals surface area contributed by atoms with Crippen LogP contribution in [0.1, 0.15) is 61.8 Å². The minimum absolute atomic E-state index is 0.0625. The van der Waals surface area contributed by atoms with Gasteiger partial charge in [-0.2, -0.15) is 5.10 Å². The summed E-state index contributed by atoms with van der Waals surface area (Å²) in [5.41, 5.74) is 4.76. The number of amides is 2. The van der Waals surface area contributed by atoms with Crippen molar-refractivity contribution in [2.45, 2.75) is 39.5 Å². The summed E-state index contributed by atoms with van der Waals surface area (Å²) in [6, 6.07) is 9.61. The van der Waals surface area contributed by atoms with Crippen molar-refractivity contribution in [1.29, 1.82) is 0 Å². The van der Waals surface area contributed by atoms with Crippen LogP contribution in [0.4, 0.5) is 5.69 Å². The predicted molar refractivity (Wildman–Crippen MR) is 137 cm³/mol. The third-order valence-electron chi connectivity index (χ3n) is 6.76. The Bertz CT molecular complexity index is 1410. The standard InChI is InChI=1S/C26H28N6O3S/c1-15-22(16(2)31(4)29-15)28-24(33)20-14-36-25(27-20)19-10-12-32(13-11-19)26(34)21-17(3)35-30-23(21)18-8-6-5-7-9-18/h5-9,14,19H,10-13H2,1-4H3,(H,28,33). The second-order valence-electron chi connectivity index (χ2n) is 9.09. The van der Waals surface area contributed by atoms with Crippen molar-refractivity contribution < 1.29 is 14.1 Å². The van der Waals surface area contributed by atoms with Crippen LogP contribution in [0, 0.1) is 20.8 Å². The zero-order chi connectivity index (χ0) is 25.4. The fourth-order valence-corrected chi connectivity index (χ4v) is 5.59. The molecule has 1 aliphatic rings. The lowest BCUT2D eigenvalue weighted by Gasteiger charge is -2.31. The number of nitrogens with zero attached hydrogens (tertiary/aromatic N) is 5. The van der Waals surface area contributed by atoms with Gasteiger partial charge in [0.25, 0.3) is 11.8 Å². The first-order chi connectivity index (χ1) is 17.3. The number of likely N-dealkylation sites (tertiary alicyclic amines) is 1. The van der Waals surface area contributed by atoms with Crippen LogP contribution in [0.2, 0.25) is 0 Å². The Hall–Kier alpha value is -3.79. The van der Waals surface area contributed by atoms with Crippen LogP contribution in [0.15, 0.2) is 40.2 Å². The summed E-state index contributed by atoms with van der Waals surface area (Å²) < 4.78 is 7.13. The second kappa shape index (κ2) is 9.69. The highest BCUT2D eigenvalue weighted by molar-refractivity contribution is 7.10. The molecule has 2 amide bonds. The van der Waals surface area contributed by atoms with Crippen molar-refractivity contribution in [2.75, 3.05) is 18.4 Å². The summed E-state index contributed by atoms with van der Waals surface area (Å²) in [6.07, 6.45) is 1.57. The number of hydrogen-bond donors (Lipinski definition) is 1. The molecule has 4 heterocycles. The second-order valence-corrected chi connectivity index (χ2v) is 9.98. The van der Waals surface area contributed by atoms with Gasteiger partial charge in [-0.05, 0) is 33.6 Å². The van der Waals surface area contributed by atoms with Gasteiger partial charge in [0.2, 0.25) is 0 Å². The number of anilines is 1. The fraction of sp³-hybridized carbons (Fsp3) is 0.346. The Labute approximate surface area is 213 Å². The van der Waals surface area contributed by atoms with Gasteiger partial charge >= 0.3 is 0 Å². The van der Waals surface area contributed by atoms with E-state index in [0.717, 1.165) is 40.5 Å². The quantitative estimate of drug-likeness (QED) is 0.421. The molecule has 0 aliphatic carbocycles. The van der Waals surface area contributed by atoms with Crippen molar-refractivity contribution in [3.63, 3.8) is 0 Å². The number of nitrogens with one attached hydrogen (secondary N) is 1. The normalized spacial score (nSPS) is 14.3. The van der Waals surface area contributed by atoms with Gasteiger partial charge in [0, 0.05) is 37.0 Å². The van der Waals surface area contributed by atoms with Gasteiger partial charge in [0.15, 0.2) is 0 Å². The van der Waals surface area contributed by atoms with Crippen molar-refractivity contribution >= 4 is 28.8 Å². The molecule has 1 fully saturated rings. The fourth-order valence-electron chi connectivity index (χ4n) is 4.62. The number of hydrogen-bond acceptors (Lipinski definition) is 7. The van der Waals surface area contributed by atoms with Gasteiger partial charge in [-0.3, -0.25) is 14.3 Å². The maximum atomic E-state index is 13.4. The molecular formula is C26H28N6O3S. The lowest BCUT2D eigenvalue weighted by atomic mass is 9.96. The lowest BCUT2D eigenvalue weighted by Crippen LogP contribution is -2.38. The van der Waals surface area contributed by atoms with Crippen LogP contribution < -0.4 is 5.32 Å². The summed E-state index contributed by atoms with van der Waals surface area (Å²) in [7, 11) is 1.85. The number of thiazole rings is 1. The maximum Gasteiger partial charge on any atom is 0.275 e. The Morgan fingerprint density at radius 1 is 1.11 bits per heavy atom. The molecule has 10 heteroatoms. The van der Waals surface area contributed by atoms with E-state index in [1.165, 1.54) is 11.3 Å². The molecule has 0 bridgehead atoms. The summed E-state index contributed by atoms with van der Waals surface area (Å²) in [6.45, 7) is 6.78. The molecule has 1 saturated heterocycles. The monoisotopic (exact) mass is 504 g/mol. The molecule has 0 atom stereocenters. The highest BCUT2D eigenvalue weighted by Crippen LogP contribution is 2.33.